The molecule has 1 aromatic heterocycles. The van der Waals surface area contributed by atoms with Gasteiger partial charge in [-0.05, 0) is 24.0 Å². The van der Waals surface area contributed by atoms with E-state index in [4.69, 9.17) is 10.5 Å². The van der Waals surface area contributed by atoms with E-state index in [0.717, 1.165) is 37.4 Å². The van der Waals surface area contributed by atoms with Crippen molar-refractivity contribution in [3.8, 4) is 5.75 Å². The molecule has 1 atom stereocenters. The Morgan fingerprint density at radius 3 is 2.83 bits per heavy atom. The zero-order valence-corrected chi connectivity index (χ0v) is 14.6. The third kappa shape index (κ3) is 4.13. The standard InChI is InChI=1S/C20H27N3O/c1-20(2)15-23(11-9-19(20)21)13-17-7-3-4-8-18(17)24-14-16-6-5-10-22-12-16/h3-8,10,12,19H,9,11,13-15,21H2,1-2H3. The molecule has 1 aromatic carbocycles. The lowest BCUT2D eigenvalue weighted by molar-refractivity contribution is 0.0889. The number of piperidine rings is 1. The fraction of sp³-hybridized carbons (Fsp3) is 0.450. The summed E-state index contributed by atoms with van der Waals surface area (Å²) < 4.78 is 6.05. The highest BCUT2D eigenvalue weighted by molar-refractivity contribution is 5.33. The van der Waals surface area contributed by atoms with Crippen molar-refractivity contribution in [1.29, 1.82) is 0 Å². The van der Waals surface area contributed by atoms with Crippen LogP contribution in [0.25, 0.3) is 0 Å². The van der Waals surface area contributed by atoms with Gasteiger partial charge in [-0.1, -0.05) is 38.1 Å². The number of nitrogens with zero attached hydrogens (tertiary/aromatic N) is 2. The summed E-state index contributed by atoms with van der Waals surface area (Å²) in [6.45, 7) is 8.02. The molecule has 2 aromatic rings. The summed E-state index contributed by atoms with van der Waals surface area (Å²) in [6, 6.07) is 12.6. The van der Waals surface area contributed by atoms with E-state index < -0.39 is 0 Å². The van der Waals surface area contributed by atoms with E-state index in [2.05, 4.69) is 35.9 Å². The van der Waals surface area contributed by atoms with Crippen LogP contribution in [0.4, 0.5) is 0 Å². The summed E-state index contributed by atoms with van der Waals surface area (Å²) in [5.41, 5.74) is 8.72. The maximum absolute atomic E-state index is 6.25. The van der Waals surface area contributed by atoms with E-state index in [1.165, 1.54) is 5.56 Å². The van der Waals surface area contributed by atoms with Crippen molar-refractivity contribution in [3.05, 3.63) is 59.9 Å². The van der Waals surface area contributed by atoms with Crippen LogP contribution < -0.4 is 10.5 Å². The minimum absolute atomic E-state index is 0.157. The lowest BCUT2D eigenvalue weighted by atomic mass is 9.79. The normalized spacial score (nSPS) is 20.7. The molecule has 0 saturated carbocycles. The van der Waals surface area contributed by atoms with E-state index in [-0.39, 0.29) is 11.5 Å². The first-order chi connectivity index (χ1) is 11.5. The molecule has 1 aliphatic rings. The number of rotatable bonds is 5. The topological polar surface area (TPSA) is 51.4 Å². The first-order valence-electron chi connectivity index (χ1n) is 8.62. The monoisotopic (exact) mass is 325 g/mol. The third-order valence-electron chi connectivity index (χ3n) is 4.87. The number of nitrogens with two attached hydrogens (primary N) is 1. The average Bonchev–Trinajstić information content (AvgIpc) is 2.58. The van der Waals surface area contributed by atoms with Crippen LogP contribution in [-0.2, 0) is 13.2 Å². The lowest BCUT2D eigenvalue weighted by Gasteiger charge is -2.42. The molecule has 0 bridgehead atoms. The van der Waals surface area contributed by atoms with Crippen LogP contribution in [0, 0.1) is 5.41 Å². The van der Waals surface area contributed by atoms with Gasteiger partial charge in [-0.15, -0.1) is 0 Å². The first-order valence-corrected chi connectivity index (χ1v) is 8.62. The van der Waals surface area contributed by atoms with E-state index in [1.807, 2.05) is 30.5 Å². The second kappa shape index (κ2) is 7.32. The second-order valence-electron chi connectivity index (χ2n) is 7.35. The Balaban J connectivity index is 1.66. The smallest absolute Gasteiger partial charge is 0.124 e. The molecule has 0 amide bonds. The number of benzene rings is 1. The van der Waals surface area contributed by atoms with Crippen molar-refractivity contribution in [2.75, 3.05) is 13.1 Å². The van der Waals surface area contributed by atoms with E-state index in [9.17, 15) is 0 Å². The predicted molar refractivity (Wildman–Crippen MR) is 96.7 cm³/mol. The van der Waals surface area contributed by atoms with E-state index in [0.29, 0.717) is 6.61 Å². The number of hydrogen-bond donors (Lipinski definition) is 1. The minimum Gasteiger partial charge on any atom is -0.489 e. The Morgan fingerprint density at radius 2 is 2.08 bits per heavy atom. The van der Waals surface area contributed by atoms with Gasteiger partial charge in [0.25, 0.3) is 0 Å². The highest BCUT2D eigenvalue weighted by Crippen LogP contribution is 2.30. The van der Waals surface area contributed by atoms with Gasteiger partial charge in [-0.3, -0.25) is 9.88 Å². The first kappa shape index (κ1) is 16.9. The Kier molecular flexibility index (Phi) is 5.17. The zero-order valence-electron chi connectivity index (χ0n) is 14.6. The second-order valence-corrected chi connectivity index (χ2v) is 7.35. The highest BCUT2D eigenvalue weighted by Gasteiger charge is 2.33. The number of ether oxygens (including phenoxy) is 1. The van der Waals surface area contributed by atoms with Crippen LogP contribution in [-0.4, -0.2) is 29.0 Å². The van der Waals surface area contributed by atoms with Crippen molar-refractivity contribution >= 4 is 0 Å². The molecule has 0 aliphatic carbocycles. The Morgan fingerprint density at radius 1 is 1.25 bits per heavy atom. The molecule has 0 spiro atoms. The number of aromatic nitrogens is 1. The number of para-hydroxylation sites is 1. The molecule has 1 saturated heterocycles. The summed E-state index contributed by atoms with van der Waals surface area (Å²) in [7, 11) is 0. The Bertz CT molecular complexity index is 657. The van der Waals surface area contributed by atoms with Gasteiger partial charge in [0.2, 0.25) is 0 Å². The summed E-state index contributed by atoms with van der Waals surface area (Å²) in [6.07, 6.45) is 4.67. The largest absolute Gasteiger partial charge is 0.489 e. The van der Waals surface area contributed by atoms with Crippen molar-refractivity contribution in [2.24, 2.45) is 11.1 Å². The Labute approximate surface area is 144 Å². The van der Waals surface area contributed by atoms with Crippen molar-refractivity contribution in [2.45, 2.75) is 39.5 Å². The predicted octanol–water partition coefficient (Wildman–Crippen LogP) is 3.22. The van der Waals surface area contributed by atoms with Crippen LogP contribution in [0.15, 0.2) is 48.8 Å². The molecular formula is C20H27N3O. The van der Waals surface area contributed by atoms with Gasteiger partial charge in [-0.25, -0.2) is 0 Å². The molecule has 2 N–H and O–H groups in total. The molecule has 4 nitrogen and oxygen atoms in total. The minimum atomic E-state index is 0.157. The van der Waals surface area contributed by atoms with E-state index in [1.54, 1.807) is 6.20 Å². The van der Waals surface area contributed by atoms with Crippen LogP contribution in [0.5, 0.6) is 5.75 Å². The molecule has 0 radical (unpaired) electrons. The summed E-state index contributed by atoms with van der Waals surface area (Å²) in [5, 5.41) is 0. The molecule has 3 rings (SSSR count). The summed E-state index contributed by atoms with van der Waals surface area (Å²) >= 11 is 0. The number of hydrogen-bond acceptors (Lipinski definition) is 4. The molecule has 24 heavy (non-hydrogen) atoms. The quantitative estimate of drug-likeness (QED) is 0.917. The van der Waals surface area contributed by atoms with Crippen molar-refractivity contribution in [1.82, 2.24) is 9.88 Å². The third-order valence-corrected chi connectivity index (χ3v) is 4.87. The maximum Gasteiger partial charge on any atom is 0.124 e. The highest BCUT2D eigenvalue weighted by atomic mass is 16.5. The van der Waals surface area contributed by atoms with Crippen molar-refractivity contribution < 1.29 is 4.74 Å². The van der Waals surface area contributed by atoms with Crippen molar-refractivity contribution in [3.63, 3.8) is 0 Å². The van der Waals surface area contributed by atoms with Crippen LogP contribution in [0.1, 0.15) is 31.4 Å². The number of likely N-dealkylation sites (tertiary alicyclic amines) is 1. The maximum atomic E-state index is 6.25. The van der Waals surface area contributed by atoms with Crippen LogP contribution in [0.2, 0.25) is 0 Å². The molecule has 4 heteroatoms. The fourth-order valence-corrected chi connectivity index (χ4v) is 3.28. The van der Waals surface area contributed by atoms with Gasteiger partial charge in [0.1, 0.15) is 12.4 Å². The molecule has 1 aliphatic heterocycles. The average molecular weight is 325 g/mol. The molecule has 2 heterocycles. The molecular weight excluding hydrogens is 298 g/mol. The van der Waals surface area contributed by atoms with Gasteiger partial charge in [0, 0.05) is 49.2 Å². The van der Waals surface area contributed by atoms with Gasteiger partial charge < -0.3 is 10.5 Å². The molecule has 128 valence electrons. The molecule has 1 unspecified atom stereocenters. The van der Waals surface area contributed by atoms with E-state index >= 15 is 0 Å². The SMILES string of the molecule is CC1(C)CN(Cc2ccccc2OCc2cccnc2)CCC1N. The molecule has 1 fully saturated rings. The van der Waals surface area contributed by atoms with Gasteiger partial charge in [0.05, 0.1) is 0 Å². The zero-order chi connectivity index (χ0) is 17.0. The van der Waals surface area contributed by atoms with Crippen LogP contribution >= 0.6 is 0 Å². The summed E-state index contributed by atoms with van der Waals surface area (Å²) in [4.78, 5) is 6.62. The van der Waals surface area contributed by atoms with Crippen LogP contribution in [0.3, 0.4) is 0 Å². The van der Waals surface area contributed by atoms with Gasteiger partial charge >= 0.3 is 0 Å². The summed E-state index contributed by atoms with van der Waals surface area (Å²) in [5.74, 6) is 0.953. The van der Waals surface area contributed by atoms with Gasteiger partial charge in [0.15, 0.2) is 0 Å². The number of pyridine rings is 1. The fourth-order valence-electron chi connectivity index (χ4n) is 3.28. The Hall–Kier alpha value is -1.91. The lowest BCUT2D eigenvalue weighted by Crippen LogP contribution is -2.52. The van der Waals surface area contributed by atoms with Gasteiger partial charge in [-0.2, -0.15) is 0 Å².